The van der Waals surface area contributed by atoms with Crippen LogP contribution >= 0.6 is 0 Å². The minimum Gasteiger partial charge on any atom is -0.300 e. The van der Waals surface area contributed by atoms with Crippen LogP contribution in [0.3, 0.4) is 0 Å². The first-order chi connectivity index (χ1) is 10.5. The minimum atomic E-state index is 0.333. The van der Waals surface area contributed by atoms with Gasteiger partial charge in [0.1, 0.15) is 19.1 Å². The van der Waals surface area contributed by atoms with Crippen molar-refractivity contribution in [1.82, 2.24) is 5.43 Å². The van der Waals surface area contributed by atoms with Crippen LogP contribution in [-0.4, -0.2) is 44.3 Å². The van der Waals surface area contributed by atoms with Crippen molar-refractivity contribution in [1.29, 1.82) is 0 Å². The average Bonchev–Trinajstić information content (AvgIpc) is 3.31. The van der Waals surface area contributed by atoms with Gasteiger partial charge < -0.3 is 0 Å². The molecule has 4 unspecified atom stereocenters. The molecule has 4 heteroatoms. The first kappa shape index (κ1) is 18.0. The zero-order valence-electron chi connectivity index (χ0n) is 15.1. The Hall–Kier alpha value is -0.345. The molecule has 0 spiro atoms. The SMILES string of the molecule is CN[N+]1(C)CCC([C@H](C)C2[B]C2)CCCCCC1CC(C)=O. The first-order valence-electron chi connectivity index (χ1n) is 9.33. The summed E-state index contributed by atoms with van der Waals surface area (Å²) in [6.45, 7) is 5.35. The standard InChI is InChI=1S/C18H35BN2O/c1-14(22)12-17-9-7-5-6-8-16(15(2)18-13-19-18)10-11-21(17,4)20-3/h15-18,20H,5-13H2,1-4H3/q+1/t15-,16?,17?,18?,21?/m0/s1. The van der Waals surface area contributed by atoms with E-state index >= 15 is 0 Å². The molecule has 125 valence electrons. The summed E-state index contributed by atoms with van der Waals surface area (Å²) in [5.41, 5.74) is 3.53. The lowest BCUT2D eigenvalue weighted by molar-refractivity contribution is -0.973. The minimum absolute atomic E-state index is 0.333. The summed E-state index contributed by atoms with van der Waals surface area (Å²) in [6, 6.07) is 0.434. The Kier molecular flexibility index (Phi) is 6.52. The fourth-order valence-electron chi connectivity index (χ4n) is 4.32. The second-order valence-corrected chi connectivity index (χ2v) is 7.96. The molecule has 0 saturated carbocycles. The number of rotatable bonds is 5. The topological polar surface area (TPSA) is 29.1 Å². The smallest absolute Gasteiger partial charge is 0.135 e. The number of carbonyl (C=O) groups excluding carboxylic acids is 1. The molecule has 1 N–H and O–H groups in total. The van der Waals surface area contributed by atoms with Gasteiger partial charge in [0, 0.05) is 19.9 Å². The molecule has 1 radical (unpaired) electrons. The van der Waals surface area contributed by atoms with Gasteiger partial charge in [-0.05, 0) is 31.6 Å². The Bertz CT molecular complexity index is 372. The molecule has 3 nitrogen and oxygen atoms in total. The van der Waals surface area contributed by atoms with Crippen molar-refractivity contribution in [3.8, 4) is 0 Å². The van der Waals surface area contributed by atoms with Gasteiger partial charge in [-0.15, -0.1) is 0 Å². The van der Waals surface area contributed by atoms with E-state index < -0.39 is 0 Å². The van der Waals surface area contributed by atoms with Gasteiger partial charge in [0.05, 0.1) is 20.0 Å². The second-order valence-electron chi connectivity index (χ2n) is 7.96. The molecule has 2 fully saturated rings. The lowest BCUT2D eigenvalue weighted by atomic mass is 9.78. The largest absolute Gasteiger partial charge is 0.300 e. The zero-order chi connectivity index (χ0) is 16.2. The van der Waals surface area contributed by atoms with Crippen LogP contribution in [-0.2, 0) is 4.79 Å². The van der Waals surface area contributed by atoms with Gasteiger partial charge >= 0.3 is 0 Å². The van der Waals surface area contributed by atoms with Crippen molar-refractivity contribution in [2.24, 2.45) is 11.8 Å². The van der Waals surface area contributed by atoms with Crippen LogP contribution in [0.2, 0.25) is 12.1 Å². The molecule has 2 heterocycles. The molecule has 0 bridgehead atoms. The molecule has 0 aliphatic carbocycles. The fraction of sp³-hybridized carbons (Fsp3) is 0.944. The fourth-order valence-corrected chi connectivity index (χ4v) is 4.32. The lowest BCUT2D eigenvalue weighted by Crippen LogP contribution is -2.61. The summed E-state index contributed by atoms with van der Waals surface area (Å²) in [6.07, 6.45) is 9.88. The highest BCUT2D eigenvalue weighted by atomic mass is 16.1. The van der Waals surface area contributed by atoms with Gasteiger partial charge in [-0.1, -0.05) is 31.9 Å². The number of nitrogens with zero attached hydrogens (tertiary/aromatic N) is 1. The van der Waals surface area contributed by atoms with E-state index in [-0.39, 0.29) is 0 Å². The third kappa shape index (κ3) is 4.82. The van der Waals surface area contributed by atoms with Gasteiger partial charge in [0.15, 0.2) is 0 Å². The van der Waals surface area contributed by atoms with Crippen LogP contribution in [0.4, 0.5) is 0 Å². The number of hydrogen-bond donors (Lipinski definition) is 1. The van der Waals surface area contributed by atoms with Crippen LogP contribution in [0.1, 0.15) is 58.8 Å². The highest BCUT2D eigenvalue weighted by Gasteiger charge is 2.38. The van der Waals surface area contributed by atoms with Crippen molar-refractivity contribution < 1.29 is 9.39 Å². The van der Waals surface area contributed by atoms with Gasteiger partial charge in [0.25, 0.3) is 0 Å². The van der Waals surface area contributed by atoms with Crippen molar-refractivity contribution in [3.63, 3.8) is 0 Å². The summed E-state index contributed by atoms with van der Waals surface area (Å²) in [7, 11) is 6.83. The van der Waals surface area contributed by atoms with Crippen LogP contribution in [0.15, 0.2) is 0 Å². The predicted octanol–water partition coefficient (Wildman–Crippen LogP) is 3.45. The molecular weight excluding hydrogens is 271 g/mol. The maximum atomic E-state index is 11.7. The molecule has 2 rings (SSSR count). The Morgan fingerprint density at radius 1 is 1.27 bits per heavy atom. The van der Waals surface area contributed by atoms with E-state index in [2.05, 4.69) is 33.7 Å². The van der Waals surface area contributed by atoms with Gasteiger partial charge in [-0.25, -0.2) is 4.59 Å². The van der Waals surface area contributed by atoms with E-state index in [1.165, 1.54) is 44.8 Å². The number of carbonyl (C=O) groups is 1. The van der Waals surface area contributed by atoms with Crippen molar-refractivity contribution in [3.05, 3.63) is 0 Å². The van der Waals surface area contributed by atoms with Crippen LogP contribution < -0.4 is 5.43 Å². The number of quaternary nitrogens is 1. The molecule has 0 amide bonds. The van der Waals surface area contributed by atoms with E-state index in [0.717, 1.165) is 28.8 Å². The molecule has 22 heavy (non-hydrogen) atoms. The first-order valence-corrected chi connectivity index (χ1v) is 9.33. The van der Waals surface area contributed by atoms with E-state index in [4.69, 9.17) is 0 Å². The number of nitrogens with one attached hydrogen (secondary N) is 1. The number of Topliss-reactive ketones (excluding diaryl/α,β-unsaturated/α-hetero) is 1. The molecule has 0 aromatic heterocycles. The highest BCUT2D eigenvalue weighted by molar-refractivity contribution is 6.50. The number of hydrogen-bond acceptors (Lipinski definition) is 2. The normalized spacial score (nSPS) is 37.9. The summed E-state index contributed by atoms with van der Waals surface area (Å²) < 4.78 is 0.858. The Morgan fingerprint density at radius 3 is 2.55 bits per heavy atom. The molecule has 0 aromatic carbocycles. The predicted molar refractivity (Wildman–Crippen MR) is 93.9 cm³/mol. The van der Waals surface area contributed by atoms with E-state index in [1.807, 2.05) is 0 Å². The molecule has 2 aliphatic heterocycles. The maximum Gasteiger partial charge on any atom is 0.135 e. The van der Waals surface area contributed by atoms with Crippen molar-refractivity contribution in [2.45, 2.75) is 77.0 Å². The molecular formula is C18H35BN2O+. The molecule has 2 aliphatic rings. The third-order valence-corrected chi connectivity index (χ3v) is 6.34. The lowest BCUT2D eigenvalue weighted by Gasteiger charge is -2.42. The quantitative estimate of drug-likeness (QED) is 0.623. The second kappa shape index (κ2) is 7.96. The highest BCUT2D eigenvalue weighted by Crippen LogP contribution is 2.43. The molecule has 5 atom stereocenters. The van der Waals surface area contributed by atoms with Gasteiger partial charge in [0.2, 0.25) is 0 Å². The molecule has 0 aromatic rings. The van der Waals surface area contributed by atoms with Crippen LogP contribution in [0.25, 0.3) is 0 Å². The van der Waals surface area contributed by atoms with E-state index in [0.29, 0.717) is 18.2 Å². The third-order valence-electron chi connectivity index (χ3n) is 6.34. The average molecular weight is 306 g/mol. The summed E-state index contributed by atoms with van der Waals surface area (Å²) in [4.78, 5) is 11.7. The summed E-state index contributed by atoms with van der Waals surface area (Å²) in [5.74, 6) is 2.91. The number of ketones is 1. The monoisotopic (exact) mass is 306 g/mol. The Labute approximate surface area is 138 Å². The van der Waals surface area contributed by atoms with Gasteiger partial charge in [-0.2, -0.15) is 5.43 Å². The van der Waals surface area contributed by atoms with E-state index in [1.54, 1.807) is 6.92 Å². The zero-order valence-corrected chi connectivity index (χ0v) is 15.1. The Morgan fingerprint density at radius 2 is 1.95 bits per heavy atom. The maximum absolute atomic E-state index is 11.7. The van der Waals surface area contributed by atoms with Crippen LogP contribution in [0.5, 0.6) is 0 Å². The van der Waals surface area contributed by atoms with Crippen molar-refractivity contribution >= 4 is 13.1 Å². The Balaban J connectivity index is 2.05. The summed E-state index contributed by atoms with van der Waals surface area (Å²) in [5, 5.41) is 0. The van der Waals surface area contributed by atoms with Crippen molar-refractivity contribution in [2.75, 3.05) is 20.6 Å². The van der Waals surface area contributed by atoms with Crippen LogP contribution in [0, 0.1) is 11.8 Å². The molecule has 2 saturated heterocycles. The summed E-state index contributed by atoms with van der Waals surface area (Å²) >= 11 is 0. The van der Waals surface area contributed by atoms with Gasteiger partial charge in [-0.3, -0.25) is 4.79 Å². The van der Waals surface area contributed by atoms with E-state index in [9.17, 15) is 4.79 Å².